The van der Waals surface area contributed by atoms with Crippen LogP contribution in [0.15, 0.2) is 28.6 Å². The molecule has 2 rings (SSSR count). The second-order valence-corrected chi connectivity index (χ2v) is 7.91. The van der Waals surface area contributed by atoms with Gasteiger partial charge in [-0.3, -0.25) is 10.1 Å². The fraction of sp³-hybridized carbons (Fsp3) is 0.308. The number of carbonyl (C=O) groups excluding carboxylic acids is 1. The van der Waals surface area contributed by atoms with E-state index in [0.29, 0.717) is 5.75 Å². The van der Waals surface area contributed by atoms with Crippen LogP contribution in [0.5, 0.6) is 5.75 Å². The average Bonchev–Trinajstić information content (AvgIpc) is 2.98. The summed E-state index contributed by atoms with van der Waals surface area (Å²) in [6, 6.07) is 5.23. The third-order valence-electron chi connectivity index (χ3n) is 2.78. The molecule has 0 spiro atoms. The van der Waals surface area contributed by atoms with Crippen LogP contribution in [0.4, 0.5) is 9.52 Å². The number of aromatic nitrogens is 2. The molecule has 23 heavy (non-hydrogen) atoms. The number of amides is 1. The number of halogens is 1. The summed E-state index contributed by atoms with van der Waals surface area (Å²) in [5.74, 6) is -0.695. The molecule has 0 aliphatic carbocycles. The summed E-state index contributed by atoms with van der Waals surface area (Å²) in [7, 11) is -3.46. The zero-order chi connectivity index (χ0) is 17.0. The van der Waals surface area contributed by atoms with Crippen molar-refractivity contribution in [3.63, 3.8) is 0 Å². The number of anilines is 1. The molecule has 0 saturated carbocycles. The lowest BCUT2D eigenvalue weighted by atomic mass is 10.3. The molecular weight excluding hydrogens is 345 g/mol. The number of rotatable bonds is 6. The molecule has 1 unspecified atom stereocenters. The van der Waals surface area contributed by atoms with E-state index in [4.69, 9.17) is 4.74 Å². The smallest absolute Gasteiger partial charge is 0.266 e. The van der Waals surface area contributed by atoms with Crippen molar-refractivity contribution in [2.45, 2.75) is 24.3 Å². The van der Waals surface area contributed by atoms with Gasteiger partial charge in [0.25, 0.3) is 5.91 Å². The van der Waals surface area contributed by atoms with E-state index in [1.54, 1.807) is 0 Å². The van der Waals surface area contributed by atoms with Crippen molar-refractivity contribution >= 4 is 32.2 Å². The molecule has 0 saturated heterocycles. The van der Waals surface area contributed by atoms with Crippen LogP contribution >= 0.6 is 11.3 Å². The number of benzene rings is 1. The molecule has 10 heteroatoms. The molecule has 0 fully saturated rings. The number of hydrogen-bond donors (Lipinski definition) is 1. The van der Waals surface area contributed by atoms with Crippen molar-refractivity contribution < 1.29 is 22.3 Å². The predicted molar refractivity (Wildman–Crippen MR) is 82.8 cm³/mol. The van der Waals surface area contributed by atoms with Gasteiger partial charge in [-0.1, -0.05) is 18.3 Å². The van der Waals surface area contributed by atoms with Crippen LogP contribution in [-0.2, 0) is 14.6 Å². The Morgan fingerprint density at radius 2 is 2.00 bits per heavy atom. The van der Waals surface area contributed by atoms with Crippen LogP contribution in [0.2, 0.25) is 0 Å². The lowest BCUT2D eigenvalue weighted by molar-refractivity contribution is -0.122. The van der Waals surface area contributed by atoms with Gasteiger partial charge < -0.3 is 4.74 Å². The first-order valence-corrected chi connectivity index (χ1v) is 9.08. The van der Waals surface area contributed by atoms with Gasteiger partial charge >= 0.3 is 0 Å². The number of hydrogen-bond acceptors (Lipinski definition) is 7. The minimum absolute atomic E-state index is 0.0663. The molecule has 1 heterocycles. The molecule has 1 amide bonds. The third-order valence-corrected chi connectivity index (χ3v) is 5.80. The Kier molecular flexibility index (Phi) is 5.26. The van der Waals surface area contributed by atoms with Crippen molar-refractivity contribution in [1.82, 2.24) is 10.2 Å². The van der Waals surface area contributed by atoms with Crippen LogP contribution < -0.4 is 10.1 Å². The van der Waals surface area contributed by atoms with Crippen LogP contribution in [0, 0.1) is 5.82 Å². The lowest BCUT2D eigenvalue weighted by Gasteiger charge is -2.13. The monoisotopic (exact) mass is 359 g/mol. The normalized spacial score (nSPS) is 12.7. The van der Waals surface area contributed by atoms with Crippen molar-refractivity contribution in [3.05, 3.63) is 30.1 Å². The molecule has 1 N–H and O–H groups in total. The molecule has 124 valence electrons. The first-order chi connectivity index (χ1) is 10.8. The van der Waals surface area contributed by atoms with Gasteiger partial charge in [-0.05, 0) is 31.2 Å². The Bertz CT molecular complexity index is 790. The Morgan fingerprint density at radius 1 is 1.35 bits per heavy atom. The first-order valence-electron chi connectivity index (χ1n) is 6.61. The Morgan fingerprint density at radius 3 is 2.61 bits per heavy atom. The molecule has 0 aliphatic rings. The maximum atomic E-state index is 12.8. The summed E-state index contributed by atoms with van der Waals surface area (Å²) >= 11 is 0.771. The van der Waals surface area contributed by atoms with Crippen LogP contribution in [0.25, 0.3) is 0 Å². The minimum atomic E-state index is -3.46. The summed E-state index contributed by atoms with van der Waals surface area (Å²) in [6.45, 7) is 3.00. The highest BCUT2D eigenvalue weighted by atomic mass is 32.2. The first kappa shape index (κ1) is 17.3. The molecule has 0 aliphatic heterocycles. The number of carbonyl (C=O) groups is 1. The maximum Gasteiger partial charge on any atom is 0.266 e. The minimum Gasteiger partial charge on any atom is -0.481 e. The molecular formula is C13H14FN3O4S2. The fourth-order valence-electron chi connectivity index (χ4n) is 1.49. The van der Waals surface area contributed by atoms with Crippen LogP contribution in [0.1, 0.15) is 13.8 Å². The predicted octanol–water partition coefficient (Wildman–Crippen LogP) is 1.88. The van der Waals surface area contributed by atoms with E-state index >= 15 is 0 Å². The van der Waals surface area contributed by atoms with Gasteiger partial charge in [0.15, 0.2) is 6.10 Å². The SMILES string of the molecule is CCS(=O)(=O)c1nnc(NC(=O)C(C)Oc2ccc(F)cc2)s1. The van der Waals surface area contributed by atoms with E-state index in [1.807, 2.05) is 0 Å². The van der Waals surface area contributed by atoms with Gasteiger partial charge in [0.2, 0.25) is 19.3 Å². The highest BCUT2D eigenvalue weighted by Gasteiger charge is 2.21. The standard InChI is InChI=1S/C13H14FN3O4S2/c1-3-23(19,20)13-17-16-12(22-13)15-11(18)8(2)21-10-6-4-9(14)5-7-10/h4-8H,3H2,1-2H3,(H,15,16,18). The summed E-state index contributed by atoms with van der Waals surface area (Å²) in [5.41, 5.74) is 0. The van der Waals surface area contributed by atoms with Gasteiger partial charge in [0.1, 0.15) is 11.6 Å². The van der Waals surface area contributed by atoms with Crippen molar-refractivity contribution in [2.24, 2.45) is 0 Å². The van der Waals surface area contributed by atoms with E-state index in [9.17, 15) is 17.6 Å². The maximum absolute atomic E-state index is 12.8. The van der Waals surface area contributed by atoms with E-state index < -0.39 is 27.7 Å². The summed E-state index contributed by atoms with van der Waals surface area (Å²) in [4.78, 5) is 12.0. The number of nitrogens with one attached hydrogen (secondary N) is 1. The van der Waals surface area contributed by atoms with Gasteiger partial charge in [-0.2, -0.15) is 0 Å². The zero-order valence-corrected chi connectivity index (χ0v) is 13.9. The molecule has 1 aromatic heterocycles. The number of sulfone groups is 1. The topological polar surface area (TPSA) is 98.3 Å². The van der Waals surface area contributed by atoms with Crippen molar-refractivity contribution in [1.29, 1.82) is 0 Å². The molecule has 2 aromatic rings. The Hall–Kier alpha value is -2.07. The fourth-order valence-corrected chi connectivity index (χ4v) is 3.48. The summed E-state index contributed by atoms with van der Waals surface area (Å²) in [6.07, 6.45) is -0.879. The second kappa shape index (κ2) is 7.01. The number of nitrogens with zero attached hydrogens (tertiary/aromatic N) is 2. The highest BCUT2D eigenvalue weighted by Crippen LogP contribution is 2.21. The van der Waals surface area contributed by atoms with E-state index in [2.05, 4.69) is 15.5 Å². The van der Waals surface area contributed by atoms with Gasteiger partial charge in [-0.15, -0.1) is 10.2 Å². The van der Waals surface area contributed by atoms with E-state index in [-0.39, 0.29) is 15.2 Å². The lowest BCUT2D eigenvalue weighted by Crippen LogP contribution is -2.30. The van der Waals surface area contributed by atoms with Gasteiger partial charge in [0, 0.05) is 0 Å². The van der Waals surface area contributed by atoms with Crippen molar-refractivity contribution in [2.75, 3.05) is 11.1 Å². The zero-order valence-electron chi connectivity index (χ0n) is 12.3. The van der Waals surface area contributed by atoms with E-state index in [0.717, 1.165) is 11.3 Å². The Balaban J connectivity index is 2.00. The van der Waals surface area contributed by atoms with E-state index in [1.165, 1.54) is 38.1 Å². The second-order valence-electron chi connectivity index (χ2n) is 4.48. The molecule has 0 bridgehead atoms. The summed E-state index contributed by atoms with van der Waals surface area (Å²) < 4.78 is 41.3. The Labute approximate surface area is 136 Å². The van der Waals surface area contributed by atoms with Gasteiger partial charge in [-0.25, -0.2) is 12.8 Å². The average molecular weight is 359 g/mol. The highest BCUT2D eigenvalue weighted by molar-refractivity contribution is 7.93. The van der Waals surface area contributed by atoms with Crippen LogP contribution in [0.3, 0.4) is 0 Å². The van der Waals surface area contributed by atoms with Crippen LogP contribution in [-0.4, -0.2) is 36.4 Å². The third kappa shape index (κ3) is 4.45. The molecule has 7 nitrogen and oxygen atoms in total. The quantitative estimate of drug-likeness (QED) is 0.791. The molecule has 0 radical (unpaired) electrons. The number of ether oxygens (including phenoxy) is 1. The van der Waals surface area contributed by atoms with Crippen molar-refractivity contribution in [3.8, 4) is 5.75 Å². The van der Waals surface area contributed by atoms with Gasteiger partial charge in [0.05, 0.1) is 5.75 Å². The molecule has 1 atom stereocenters. The summed E-state index contributed by atoms with van der Waals surface area (Å²) in [5, 5.41) is 9.67. The largest absolute Gasteiger partial charge is 0.481 e. The molecule has 1 aromatic carbocycles.